The SMILES string of the molecule is FC(F)(F)c1cccc(NC(=S)NC(Cc2ccccc2)c2ccccc2)c1. The average molecular weight is 400 g/mol. The molecule has 144 valence electrons. The zero-order valence-corrected chi connectivity index (χ0v) is 15.7. The highest BCUT2D eigenvalue weighted by molar-refractivity contribution is 7.80. The van der Waals surface area contributed by atoms with Crippen LogP contribution in [0.25, 0.3) is 0 Å². The molecular formula is C22H19F3N2S. The fourth-order valence-electron chi connectivity index (χ4n) is 2.89. The van der Waals surface area contributed by atoms with Crippen molar-refractivity contribution in [2.45, 2.75) is 18.6 Å². The fourth-order valence-corrected chi connectivity index (χ4v) is 3.15. The topological polar surface area (TPSA) is 24.1 Å². The normalized spacial score (nSPS) is 12.2. The molecule has 3 aromatic carbocycles. The first-order valence-corrected chi connectivity index (χ1v) is 9.16. The Balaban J connectivity index is 1.74. The van der Waals surface area contributed by atoms with Crippen LogP contribution in [0, 0.1) is 0 Å². The number of thiocarbonyl (C=S) groups is 1. The minimum Gasteiger partial charge on any atom is -0.355 e. The van der Waals surface area contributed by atoms with Crippen LogP contribution in [0.5, 0.6) is 0 Å². The summed E-state index contributed by atoms with van der Waals surface area (Å²) in [5, 5.41) is 6.36. The van der Waals surface area contributed by atoms with Gasteiger partial charge in [-0.15, -0.1) is 0 Å². The summed E-state index contributed by atoms with van der Waals surface area (Å²) in [6.45, 7) is 0. The van der Waals surface area contributed by atoms with E-state index in [9.17, 15) is 13.2 Å². The highest BCUT2D eigenvalue weighted by Crippen LogP contribution is 2.30. The highest BCUT2D eigenvalue weighted by Gasteiger charge is 2.30. The van der Waals surface area contributed by atoms with Gasteiger partial charge in [0.2, 0.25) is 0 Å². The van der Waals surface area contributed by atoms with Crippen molar-refractivity contribution in [3.05, 3.63) is 102 Å². The van der Waals surface area contributed by atoms with Crippen LogP contribution in [0.1, 0.15) is 22.7 Å². The molecule has 28 heavy (non-hydrogen) atoms. The molecule has 1 atom stereocenters. The van der Waals surface area contributed by atoms with E-state index in [0.717, 1.165) is 23.3 Å². The van der Waals surface area contributed by atoms with Crippen molar-refractivity contribution in [1.82, 2.24) is 5.32 Å². The van der Waals surface area contributed by atoms with Gasteiger partial charge in [0.25, 0.3) is 0 Å². The van der Waals surface area contributed by atoms with E-state index in [-0.39, 0.29) is 11.2 Å². The minimum atomic E-state index is -4.40. The number of hydrogen-bond donors (Lipinski definition) is 2. The van der Waals surface area contributed by atoms with E-state index in [1.54, 1.807) is 6.07 Å². The van der Waals surface area contributed by atoms with Gasteiger partial charge in [0, 0.05) is 5.69 Å². The Morgan fingerprint density at radius 3 is 2.14 bits per heavy atom. The molecule has 0 bridgehead atoms. The zero-order valence-electron chi connectivity index (χ0n) is 14.9. The maximum atomic E-state index is 12.9. The van der Waals surface area contributed by atoms with Crippen LogP contribution in [0.15, 0.2) is 84.9 Å². The number of hydrogen-bond acceptors (Lipinski definition) is 1. The quantitative estimate of drug-likeness (QED) is 0.516. The standard InChI is InChI=1S/C22H19F3N2S/c23-22(24,25)18-12-7-13-19(15-18)26-21(28)27-20(17-10-5-2-6-11-17)14-16-8-3-1-4-9-16/h1-13,15,20H,14H2,(H2,26,27,28). The Bertz CT molecular complexity index is 912. The summed E-state index contributed by atoms with van der Waals surface area (Å²) in [4.78, 5) is 0. The summed E-state index contributed by atoms with van der Waals surface area (Å²) in [5.41, 5.74) is 1.74. The van der Waals surface area contributed by atoms with Crippen LogP contribution >= 0.6 is 12.2 Å². The van der Waals surface area contributed by atoms with Gasteiger partial charge in [-0.1, -0.05) is 66.7 Å². The molecule has 2 N–H and O–H groups in total. The van der Waals surface area contributed by atoms with Gasteiger partial charge in [0.1, 0.15) is 0 Å². The Morgan fingerprint density at radius 2 is 1.50 bits per heavy atom. The molecular weight excluding hydrogens is 381 g/mol. The van der Waals surface area contributed by atoms with Crippen LogP contribution in [0.4, 0.5) is 18.9 Å². The molecule has 0 aliphatic rings. The number of halogens is 3. The molecule has 0 aliphatic carbocycles. The molecule has 0 aromatic heterocycles. The van der Waals surface area contributed by atoms with E-state index in [1.807, 2.05) is 60.7 Å². The summed E-state index contributed by atoms with van der Waals surface area (Å²) >= 11 is 5.36. The minimum absolute atomic E-state index is 0.116. The van der Waals surface area contributed by atoms with Crippen molar-refractivity contribution in [2.75, 3.05) is 5.32 Å². The zero-order chi connectivity index (χ0) is 20.0. The van der Waals surface area contributed by atoms with Gasteiger partial charge in [-0.25, -0.2) is 0 Å². The second kappa shape index (κ2) is 8.89. The van der Waals surface area contributed by atoms with Gasteiger partial charge < -0.3 is 10.6 Å². The molecule has 2 nitrogen and oxygen atoms in total. The molecule has 0 saturated carbocycles. The van der Waals surface area contributed by atoms with Gasteiger partial charge >= 0.3 is 6.18 Å². The summed E-state index contributed by atoms with van der Waals surface area (Å²) in [5.74, 6) is 0. The average Bonchev–Trinajstić information content (AvgIpc) is 2.68. The second-order valence-corrected chi connectivity index (χ2v) is 6.74. The maximum absolute atomic E-state index is 12.9. The number of anilines is 1. The lowest BCUT2D eigenvalue weighted by atomic mass is 9.99. The van der Waals surface area contributed by atoms with Gasteiger partial charge in [-0.05, 0) is 48.0 Å². The van der Waals surface area contributed by atoms with Crippen molar-refractivity contribution >= 4 is 23.0 Å². The smallest absolute Gasteiger partial charge is 0.355 e. The summed E-state index contributed by atoms with van der Waals surface area (Å²) in [6, 6.07) is 24.6. The number of rotatable bonds is 5. The summed E-state index contributed by atoms with van der Waals surface area (Å²) < 4.78 is 38.7. The summed E-state index contributed by atoms with van der Waals surface area (Å²) in [7, 11) is 0. The molecule has 0 heterocycles. The summed E-state index contributed by atoms with van der Waals surface area (Å²) in [6.07, 6.45) is -3.71. The number of nitrogens with one attached hydrogen (secondary N) is 2. The van der Waals surface area contributed by atoms with Crippen LogP contribution in [0.3, 0.4) is 0 Å². The predicted octanol–water partition coefficient (Wildman–Crippen LogP) is 5.98. The molecule has 3 rings (SSSR count). The molecule has 3 aromatic rings. The van der Waals surface area contributed by atoms with Crippen molar-refractivity contribution in [3.8, 4) is 0 Å². The number of benzene rings is 3. The highest BCUT2D eigenvalue weighted by atomic mass is 32.1. The van der Waals surface area contributed by atoms with E-state index in [0.29, 0.717) is 12.1 Å². The third kappa shape index (κ3) is 5.57. The van der Waals surface area contributed by atoms with E-state index in [4.69, 9.17) is 12.2 Å². The first-order chi connectivity index (χ1) is 13.4. The van der Waals surface area contributed by atoms with E-state index in [1.165, 1.54) is 6.07 Å². The molecule has 6 heteroatoms. The van der Waals surface area contributed by atoms with Crippen molar-refractivity contribution in [2.24, 2.45) is 0 Å². The predicted molar refractivity (Wildman–Crippen MR) is 110 cm³/mol. The molecule has 0 fully saturated rings. The van der Waals surface area contributed by atoms with Crippen LogP contribution in [-0.4, -0.2) is 5.11 Å². The monoisotopic (exact) mass is 400 g/mol. The lowest BCUT2D eigenvalue weighted by molar-refractivity contribution is -0.137. The lowest BCUT2D eigenvalue weighted by Crippen LogP contribution is -2.33. The Hall–Kier alpha value is -2.86. The van der Waals surface area contributed by atoms with Crippen LogP contribution < -0.4 is 10.6 Å². The third-order valence-corrected chi connectivity index (χ3v) is 4.46. The van der Waals surface area contributed by atoms with E-state index >= 15 is 0 Å². The second-order valence-electron chi connectivity index (χ2n) is 6.33. The Morgan fingerprint density at radius 1 is 0.857 bits per heavy atom. The first kappa shape index (κ1) is 19.9. The fraction of sp³-hybridized carbons (Fsp3) is 0.136. The van der Waals surface area contributed by atoms with Gasteiger partial charge in [0.05, 0.1) is 11.6 Å². The largest absolute Gasteiger partial charge is 0.416 e. The van der Waals surface area contributed by atoms with Gasteiger partial charge in [-0.3, -0.25) is 0 Å². The van der Waals surface area contributed by atoms with E-state index < -0.39 is 11.7 Å². The van der Waals surface area contributed by atoms with Crippen LogP contribution in [-0.2, 0) is 12.6 Å². The Labute approximate surface area is 167 Å². The van der Waals surface area contributed by atoms with Gasteiger partial charge in [0.15, 0.2) is 5.11 Å². The third-order valence-electron chi connectivity index (χ3n) is 4.24. The van der Waals surface area contributed by atoms with Crippen molar-refractivity contribution in [3.63, 3.8) is 0 Å². The first-order valence-electron chi connectivity index (χ1n) is 8.75. The van der Waals surface area contributed by atoms with Crippen molar-refractivity contribution < 1.29 is 13.2 Å². The van der Waals surface area contributed by atoms with Crippen LogP contribution in [0.2, 0.25) is 0 Å². The molecule has 0 amide bonds. The molecule has 0 aliphatic heterocycles. The number of alkyl halides is 3. The Kier molecular flexibility index (Phi) is 6.31. The van der Waals surface area contributed by atoms with Gasteiger partial charge in [-0.2, -0.15) is 13.2 Å². The van der Waals surface area contributed by atoms with Crippen molar-refractivity contribution in [1.29, 1.82) is 0 Å². The molecule has 0 saturated heterocycles. The lowest BCUT2D eigenvalue weighted by Gasteiger charge is -2.22. The maximum Gasteiger partial charge on any atom is 0.416 e. The van der Waals surface area contributed by atoms with E-state index in [2.05, 4.69) is 10.6 Å². The molecule has 0 radical (unpaired) electrons. The molecule has 1 unspecified atom stereocenters. The molecule has 0 spiro atoms.